The monoisotopic (exact) mass is 321 g/mol. The van der Waals surface area contributed by atoms with E-state index in [9.17, 15) is 8.42 Å². The fourth-order valence-corrected chi connectivity index (χ4v) is 2.98. The molecule has 0 spiro atoms. The quantitative estimate of drug-likeness (QED) is 0.881. The van der Waals surface area contributed by atoms with Crippen molar-refractivity contribution >= 4 is 27.3 Å². The van der Waals surface area contributed by atoms with E-state index >= 15 is 0 Å². The van der Waals surface area contributed by atoms with Gasteiger partial charge in [0.2, 0.25) is 0 Å². The summed E-state index contributed by atoms with van der Waals surface area (Å²) in [4.78, 5) is 3.99. The Morgan fingerprint density at radius 2 is 1.95 bits per heavy atom. The summed E-state index contributed by atoms with van der Waals surface area (Å²) >= 11 is 5.80. The third-order valence-corrected chi connectivity index (χ3v) is 4.67. The van der Waals surface area contributed by atoms with Crippen LogP contribution in [0.4, 0.5) is 5.69 Å². The minimum atomic E-state index is -3.73. The number of nitrogens with one attached hydrogen (secondary N) is 1. The first-order valence-electron chi connectivity index (χ1n) is 5.99. The van der Waals surface area contributed by atoms with Crippen LogP contribution in [0.25, 0.3) is 0 Å². The minimum Gasteiger partial charge on any atom is -0.278 e. The number of sulfonamides is 1. The summed E-state index contributed by atoms with van der Waals surface area (Å²) in [7, 11) is -3.73. The molecule has 2 aromatic rings. The molecule has 0 saturated heterocycles. The molecule has 108 valence electrons. The number of nitrogens with zero attached hydrogens (tertiary/aromatic N) is 2. The third kappa shape index (κ3) is 3.32. The number of hydrogen-bond acceptors (Lipinski definition) is 4. The van der Waals surface area contributed by atoms with Crippen molar-refractivity contribution in [3.63, 3.8) is 0 Å². The Bertz CT molecular complexity index is 842. The van der Waals surface area contributed by atoms with E-state index in [1.807, 2.05) is 6.07 Å². The first-order chi connectivity index (χ1) is 9.83. The van der Waals surface area contributed by atoms with Crippen LogP contribution in [0.2, 0.25) is 5.15 Å². The number of aromatic nitrogens is 1. The molecular weight excluding hydrogens is 310 g/mol. The molecule has 0 radical (unpaired) electrons. The molecule has 1 heterocycles. The largest absolute Gasteiger partial charge is 0.278 e. The van der Waals surface area contributed by atoms with Gasteiger partial charge < -0.3 is 0 Å². The molecule has 21 heavy (non-hydrogen) atoms. The van der Waals surface area contributed by atoms with E-state index < -0.39 is 10.0 Å². The number of pyridine rings is 1. The highest BCUT2D eigenvalue weighted by molar-refractivity contribution is 7.92. The summed E-state index contributed by atoms with van der Waals surface area (Å²) in [6.45, 7) is 3.42. The zero-order chi connectivity index (χ0) is 15.6. The summed E-state index contributed by atoms with van der Waals surface area (Å²) in [6, 6.07) is 7.93. The lowest BCUT2D eigenvalue weighted by molar-refractivity contribution is 0.601. The van der Waals surface area contributed by atoms with Gasteiger partial charge in [0, 0.05) is 0 Å². The highest BCUT2D eigenvalue weighted by Gasteiger charge is 2.16. The van der Waals surface area contributed by atoms with E-state index in [2.05, 4.69) is 9.71 Å². The predicted octanol–water partition coefficient (Wildman–Crippen LogP) is 3.02. The van der Waals surface area contributed by atoms with Gasteiger partial charge in [-0.2, -0.15) is 5.26 Å². The van der Waals surface area contributed by atoms with Gasteiger partial charge in [-0.1, -0.05) is 11.6 Å². The third-order valence-electron chi connectivity index (χ3n) is 2.90. The molecule has 0 saturated carbocycles. The maximum Gasteiger partial charge on any atom is 0.261 e. The van der Waals surface area contributed by atoms with Gasteiger partial charge in [0.25, 0.3) is 10.0 Å². The van der Waals surface area contributed by atoms with Crippen molar-refractivity contribution < 1.29 is 8.42 Å². The van der Waals surface area contributed by atoms with Crippen LogP contribution in [0.5, 0.6) is 0 Å². The Hall–Kier alpha value is -2.10. The Balaban J connectivity index is 2.36. The van der Waals surface area contributed by atoms with Crippen LogP contribution in [0.1, 0.15) is 16.7 Å². The molecule has 0 fully saturated rings. The fraction of sp³-hybridized carbons (Fsp3) is 0.143. The van der Waals surface area contributed by atoms with Crippen LogP contribution in [-0.2, 0) is 10.0 Å². The van der Waals surface area contributed by atoms with Gasteiger partial charge in [-0.3, -0.25) is 4.72 Å². The first-order valence-corrected chi connectivity index (χ1v) is 7.85. The van der Waals surface area contributed by atoms with Crippen molar-refractivity contribution in [2.24, 2.45) is 0 Å². The molecule has 0 aliphatic carbocycles. The van der Waals surface area contributed by atoms with Gasteiger partial charge in [0.15, 0.2) is 0 Å². The maximum atomic E-state index is 12.3. The van der Waals surface area contributed by atoms with E-state index in [1.165, 1.54) is 24.4 Å². The van der Waals surface area contributed by atoms with Crippen LogP contribution in [0.3, 0.4) is 0 Å². The SMILES string of the molecule is Cc1cc(S(=O)(=O)Nc2cnc(Cl)c(C)c2)ccc1C#N. The average molecular weight is 322 g/mol. The summed E-state index contributed by atoms with van der Waals surface area (Å²) in [5, 5.41) is 9.19. The number of nitriles is 1. The van der Waals surface area contributed by atoms with E-state index in [1.54, 1.807) is 19.9 Å². The molecule has 0 unspecified atom stereocenters. The second-order valence-electron chi connectivity index (χ2n) is 4.53. The zero-order valence-corrected chi connectivity index (χ0v) is 13.0. The van der Waals surface area contributed by atoms with Crippen molar-refractivity contribution in [2.45, 2.75) is 18.7 Å². The standard InChI is InChI=1S/C14H12ClN3O2S/c1-9-6-13(4-3-11(9)7-16)21(19,20)18-12-5-10(2)14(15)17-8-12/h3-6,8,18H,1-2H3. The van der Waals surface area contributed by atoms with Crippen LogP contribution < -0.4 is 4.72 Å². The first kappa shape index (κ1) is 15.3. The normalized spacial score (nSPS) is 11.0. The second-order valence-corrected chi connectivity index (χ2v) is 6.57. The lowest BCUT2D eigenvalue weighted by atomic mass is 10.1. The molecule has 0 aliphatic heterocycles. The molecule has 0 bridgehead atoms. The Labute approximate surface area is 128 Å². The second kappa shape index (κ2) is 5.72. The molecular formula is C14H12ClN3O2S. The van der Waals surface area contributed by atoms with Gasteiger partial charge in [-0.05, 0) is 49.2 Å². The molecule has 1 aromatic carbocycles. The zero-order valence-electron chi connectivity index (χ0n) is 11.4. The summed E-state index contributed by atoms with van der Waals surface area (Å²) in [5.41, 5.74) is 2.05. The molecule has 2 rings (SSSR count). The highest BCUT2D eigenvalue weighted by atomic mass is 35.5. The lowest BCUT2D eigenvalue weighted by Gasteiger charge is -2.10. The Morgan fingerprint density at radius 1 is 1.24 bits per heavy atom. The number of anilines is 1. The van der Waals surface area contributed by atoms with Crippen LogP contribution in [-0.4, -0.2) is 13.4 Å². The lowest BCUT2D eigenvalue weighted by Crippen LogP contribution is -2.13. The smallest absolute Gasteiger partial charge is 0.261 e. The molecule has 7 heteroatoms. The fourth-order valence-electron chi connectivity index (χ4n) is 1.76. The van der Waals surface area contributed by atoms with E-state index in [-0.39, 0.29) is 4.90 Å². The topological polar surface area (TPSA) is 82.8 Å². The maximum absolute atomic E-state index is 12.3. The molecule has 1 aromatic heterocycles. The van der Waals surface area contributed by atoms with E-state index in [0.717, 1.165) is 0 Å². The van der Waals surface area contributed by atoms with Crippen molar-refractivity contribution in [1.29, 1.82) is 5.26 Å². The molecule has 1 N–H and O–H groups in total. The van der Waals surface area contributed by atoms with Crippen LogP contribution >= 0.6 is 11.6 Å². The summed E-state index contributed by atoms with van der Waals surface area (Å²) < 4.78 is 27.0. The Kier molecular flexibility index (Phi) is 4.16. The number of rotatable bonds is 3. The molecule has 0 amide bonds. The minimum absolute atomic E-state index is 0.0894. The predicted molar refractivity (Wildman–Crippen MR) is 80.7 cm³/mol. The molecule has 5 nitrogen and oxygen atoms in total. The Morgan fingerprint density at radius 3 is 2.52 bits per heavy atom. The van der Waals surface area contributed by atoms with Crippen molar-refractivity contribution in [2.75, 3.05) is 4.72 Å². The summed E-state index contributed by atoms with van der Waals surface area (Å²) in [5.74, 6) is 0. The van der Waals surface area contributed by atoms with E-state index in [4.69, 9.17) is 16.9 Å². The van der Waals surface area contributed by atoms with Crippen LogP contribution in [0, 0.1) is 25.2 Å². The molecule has 0 aliphatic rings. The van der Waals surface area contributed by atoms with Gasteiger partial charge in [0.1, 0.15) is 5.15 Å². The number of hydrogen-bond donors (Lipinski definition) is 1. The molecule has 0 atom stereocenters. The van der Waals surface area contributed by atoms with Crippen molar-refractivity contribution in [1.82, 2.24) is 4.98 Å². The number of benzene rings is 1. The van der Waals surface area contributed by atoms with E-state index in [0.29, 0.717) is 27.5 Å². The van der Waals surface area contributed by atoms with Crippen molar-refractivity contribution in [3.8, 4) is 6.07 Å². The summed E-state index contributed by atoms with van der Waals surface area (Å²) in [6.07, 6.45) is 1.35. The average Bonchev–Trinajstić information content (AvgIpc) is 2.42. The van der Waals surface area contributed by atoms with Gasteiger partial charge in [-0.15, -0.1) is 0 Å². The van der Waals surface area contributed by atoms with Gasteiger partial charge >= 0.3 is 0 Å². The van der Waals surface area contributed by atoms with Crippen LogP contribution in [0.15, 0.2) is 35.4 Å². The van der Waals surface area contributed by atoms with Gasteiger partial charge in [0.05, 0.1) is 28.4 Å². The van der Waals surface area contributed by atoms with Gasteiger partial charge in [-0.25, -0.2) is 13.4 Å². The number of halogens is 1. The number of aryl methyl sites for hydroxylation is 2. The van der Waals surface area contributed by atoms with Crippen molar-refractivity contribution in [3.05, 3.63) is 52.3 Å². The highest BCUT2D eigenvalue weighted by Crippen LogP contribution is 2.21.